The fraction of sp³-hybridized carbons (Fsp3) is 0.286. The highest BCUT2D eigenvalue weighted by Crippen LogP contribution is 2.32. The van der Waals surface area contributed by atoms with Crippen molar-refractivity contribution in [1.29, 1.82) is 0 Å². The zero-order valence-electron chi connectivity index (χ0n) is 9.05. The van der Waals surface area contributed by atoms with Crippen molar-refractivity contribution in [2.45, 2.75) is 19.3 Å². The van der Waals surface area contributed by atoms with Gasteiger partial charge in [-0.25, -0.2) is 8.78 Å². The van der Waals surface area contributed by atoms with E-state index in [2.05, 4.69) is 6.58 Å². The van der Waals surface area contributed by atoms with Crippen LogP contribution in [0, 0.1) is 17.6 Å². The fourth-order valence-electron chi connectivity index (χ4n) is 2.06. The maximum Gasteiger partial charge on any atom is 0.166 e. The number of benzene rings is 1. The Morgan fingerprint density at radius 2 is 2.12 bits per heavy atom. The van der Waals surface area contributed by atoms with Crippen molar-refractivity contribution >= 4 is 5.57 Å². The van der Waals surface area contributed by atoms with Gasteiger partial charge in [0.25, 0.3) is 0 Å². The van der Waals surface area contributed by atoms with Gasteiger partial charge in [-0.15, -0.1) is 6.58 Å². The van der Waals surface area contributed by atoms with E-state index in [0.29, 0.717) is 11.5 Å². The van der Waals surface area contributed by atoms with Gasteiger partial charge in [-0.3, -0.25) is 0 Å². The second kappa shape index (κ2) is 4.60. The van der Waals surface area contributed by atoms with E-state index in [1.165, 1.54) is 0 Å². The van der Waals surface area contributed by atoms with Crippen LogP contribution < -0.4 is 0 Å². The predicted octanol–water partition coefficient (Wildman–Crippen LogP) is 4.33. The molecule has 2 rings (SSSR count). The fourth-order valence-corrected chi connectivity index (χ4v) is 2.06. The van der Waals surface area contributed by atoms with Gasteiger partial charge >= 0.3 is 0 Å². The van der Waals surface area contributed by atoms with Crippen molar-refractivity contribution < 1.29 is 8.78 Å². The zero-order valence-corrected chi connectivity index (χ0v) is 9.05. The topological polar surface area (TPSA) is 0 Å². The third-order valence-electron chi connectivity index (χ3n) is 3.08. The molecule has 0 N–H and O–H groups in total. The smallest absolute Gasteiger partial charge is 0.166 e. The van der Waals surface area contributed by atoms with Gasteiger partial charge in [-0.1, -0.05) is 24.3 Å². The Labute approximate surface area is 94.3 Å². The standard InChI is InChI=1S/C14H14F2/c1-2-10-6-8-11(9-7-10)12-4-3-5-13(15)14(12)16/h2-5,8,10H,1,6-7,9H2. The van der Waals surface area contributed by atoms with E-state index in [9.17, 15) is 8.78 Å². The van der Waals surface area contributed by atoms with Crippen LogP contribution in [0.1, 0.15) is 24.8 Å². The minimum absolute atomic E-state index is 0.405. The van der Waals surface area contributed by atoms with Crippen LogP contribution in [0.4, 0.5) is 8.78 Å². The molecule has 0 bridgehead atoms. The average Bonchev–Trinajstić information content (AvgIpc) is 2.33. The molecular weight excluding hydrogens is 206 g/mol. The summed E-state index contributed by atoms with van der Waals surface area (Å²) >= 11 is 0. The molecule has 1 atom stereocenters. The normalized spacial score (nSPS) is 20.4. The molecule has 0 radical (unpaired) electrons. The molecule has 0 fully saturated rings. The lowest BCUT2D eigenvalue weighted by Gasteiger charge is -2.19. The first kappa shape index (κ1) is 11.1. The van der Waals surface area contributed by atoms with Crippen LogP contribution in [0.25, 0.3) is 5.57 Å². The van der Waals surface area contributed by atoms with Gasteiger partial charge < -0.3 is 0 Å². The summed E-state index contributed by atoms with van der Waals surface area (Å²) in [7, 11) is 0. The van der Waals surface area contributed by atoms with Gasteiger partial charge in [-0.2, -0.15) is 0 Å². The molecule has 0 saturated carbocycles. The van der Waals surface area contributed by atoms with Crippen LogP contribution in [0.15, 0.2) is 36.9 Å². The Bertz CT molecular complexity index is 432. The first-order chi connectivity index (χ1) is 7.72. The highest BCUT2D eigenvalue weighted by atomic mass is 19.2. The van der Waals surface area contributed by atoms with Crippen LogP contribution >= 0.6 is 0 Å². The van der Waals surface area contributed by atoms with E-state index in [1.54, 1.807) is 12.1 Å². The van der Waals surface area contributed by atoms with E-state index in [0.717, 1.165) is 30.9 Å². The number of halogens is 2. The van der Waals surface area contributed by atoms with Gasteiger partial charge in [0.1, 0.15) is 0 Å². The van der Waals surface area contributed by atoms with E-state index in [4.69, 9.17) is 0 Å². The number of allylic oxidation sites excluding steroid dienone is 3. The van der Waals surface area contributed by atoms with Gasteiger partial charge in [0, 0.05) is 5.56 Å². The SMILES string of the molecule is C=CC1CC=C(c2cccc(F)c2F)CC1. The lowest BCUT2D eigenvalue weighted by Crippen LogP contribution is -2.04. The Balaban J connectivity index is 2.29. The third kappa shape index (κ3) is 2.06. The molecule has 1 unspecified atom stereocenters. The molecule has 1 aromatic carbocycles. The maximum absolute atomic E-state index is 13.5. The number of hydrogen-bond acceptors (Lipinski definition) is 0. The number of hydrogen-bond donors (Lipinski definition) is 0. The van der Waals surface area contributed by atoms with Crippen LogP contribution in [-0.4, -0.2) is 0 Å². The highest BCUT2D eigenvalue weighted by molar-refractivity contribution is 5.66. The van der Waals surface area contributed by atoms with Crippen molar-refractivity contribution in [2.24, 2.45) is 5.92 Å². The molecule has 0 aromatic heterocycles. The quantitative estimate of drug-likeness (QED) is 0.650. The molecule has 0 heterocycles. The van der Waals surface area contributed by atoms with Crippen molar-refractivity contribution in [3.63, 3.8) is 0 Å². The Morgan fingerprint density at radius 1 is 1.31 bits per heavy atom. The largest absolute Gasteiger partial charge is 0.204 e. The minimum atomic E-state index is -0.774. The van der Waals surface area contributed by atoms with Gasteiger partial charge in [0.15, 0.2) is 11.6 Å². The second-order valence-corrected chi connectivity index (χ2v) is 4.10. The van der Waals surface area contributed by atoms with Crippen molar-refractivity contribution in [1.82, 2.24) is 0 Å². The molecule has 0 amide bonds. The summed E-state index contributed by atoms with van der Waals surface area (Å²) in [6.45, 7) is 3.75. The second-order valence-electron chi connectivity index (χ2n) is 4.10. The van der Waals surface area contributed by atoms with Crippen molar-refractivity contribution in [3.05, 3.63) is 54.1 Å². The summed E-state index contributed by atoms with van der Waals surface area (Å²) in [5, 5.41) is 0. The monoisotopic (exact) mass is 220 g/mol. The average molecular weight is 220 g/mol. The summed E-state index contributed by atoms with van der Waals surface area (Å²) in [5.74, 6) is -1.03. The van der Waals surface area contributed by atoms with Crippen molar-refractivity contribution in [3.8, 4) is 0 Å². The van der Waals surface area contributed by atoms with Gasteiger partial charge in [-0.05, 0) is 36.8 Å². The minimum Gasteiger partial charge on any atom is -0.204 e. The van der Waals surface area contributed by atoms with E-state index < -0.39 is 11.6 Å². The molecule has 0 nitrogen and oxygen atoms in total. The Hall–Kier alpha value is -1.44. The molecule has 16 heavy (non-hydrogen) atoms. The third-order valence-corrected chi connectivity index (χ3v) is 3.08. The lowest BCUT2D eigenvalue weighted by molar-refractivity contribution is 0.504. The molecule has 0 aliphatic heterocycles. The molecule has 84 valence electrons. The van der Waals surface area contributed by atoms with E-state index in [1.807, 2.05) is 12.2 Å². The molecule has 0 spiro atoms. The zero-order chi connectivity index (χ0) is 11.5. The van der Waals surface area contributed by atoms with Gasteiger partial charge in [0.05, 0.1) is 0 Å². The molecule has 1 aliphatic rings. The summed E-state index contributed by atoms with van der Waals surface area (Å²) < 4.78 is 26.6. The first-order valence-corrected chi connectivity index (χ1v) is 5.48. The molecular formula is C14H14F2. The highest BCUT2D eigenvalue weighted by Gasteiger charge is 2.16. The number of rotatable bonds is 2. The van der Waals surface area contributed by atoms with Crippen molar-refractivity contribution in [2.75, 3.05) is 0 Å². The summed E-state index contributed by atoms with van der Waals surface area (Å²) in [5.41, 5.74) is 1.32. The Morgan fingerprint density at radius 3 is 2.75 bits per heavy atom. The molecule has 1 aliphatic carbocycles. The lowest BCUT2D eigenvalue weighted by atomic mass is 9.86. The Kier molecular flexibility index (Phi) is 3.18. The van der Waals surface area contributed by atoms with Crippen LogP contribution in [0.3, 0.4) is 0 Å². The summed E-state index contributed by atoms with van der Waals surface area (Å²) in [4.78, 5) is 0. The molecule has 0 saturated heterocycles. The molecule has 1 aromatic rings. The van der Waals surface area contributed by atoms with Crippen LogP contribution in [-0.2, 0) is 0 Å². The van der Waals surface area contributed by atoms with Crippen LogP contribution in [0.2, 0.25) is 0 Å². The predicted molar refractivity (Wildman–Crippen MR) is 61.9 cm³/mol. The van der Waals surface area contributed by atoms with E-state index in [-0.39, 0.29) is 0 Å². The molecule has 2 heteroatoms. The summed E-state index contributed by atoms with van der Waals surface area (Å²) in [6.07, 6.45) is 6.54. The van der Waals surface area contributed by atoms with Gasteiger partial charge in [0.2, 0.25) is 0 Å². The summed E-state index contributed by atoms with van der Waals surface area (Å²) in [6, 6.07) is 4.33. The van der Waals surface area contributed by atoms with Crippen LogP contribution in [0.5, 0.6) is 0 Å². The maximum atomic E-state index is 13.5. The van der Waals surface area contributed by atoms with E-state index >= 15 is 0 Å². The first-order valence-electron chi connectivity index (χ1n) is 5.48.